The summed E-state index contributed by atoms with van der Waals surface area (Å²) in [6.07, 6.45) is 0.970. The Hall–Kier alpha value is -1.61. The van der Waals surface area contributed by atoms with E-state index in [0.29, 0.717) is 5.92 Å². The number of rotatable bonds is 3. The Morgan fingerprint density at radius 3 is 2.56 bits per heavy atom. The number of anilines is 1. The Morgan fingerprint density at radius 1 is 1.22 bits per heavy atom. The quantitative estimate of drug-likeness (QED) is 0.642. The summed E-state index contributed by atoms with van der Waals surface area (Å²) in [6, 6.07) is 6.35. The molecule has 1 heterocycles. The van der Waals surface area contributed by atoms with Crippen LogP contribution in [0.5, 0.6) is 0 Å². The topological polar surface area (TPSA) is 50.9 Å². The minimum absolute atomic E-state index is 0.589. The number of nitrogens with zero attached hydrogens (tertiary/aromatic N) is 1. The van der Waals surface area contributed by atoms with Crippen molar-refractivity contribution in [1.29, 1.82) is 0 Å². The molecule has 3 nitrogen and oxygen atoms in total. The Labute approximate surface area is 108 Å². The fourth-order valence-corrected chi connectivity index (χ4v) is 2.38. The van der Waals surface area contributed by atoms with Crippen molar-refractivity contribution < 1.29 is 0 Å². The third-order valence-corrected chi connectivity index (χ3v) is 3.07. The van der Waals surface area contributed by atoms with Crippen LogP contribution in [0.25, 0.3) is 10.9 Å². The zero-order valence-corrected chi connectivity index (χ0v) is 11.5. The van der Waals surface area contributed by atoms with Gasteiger partial charge in [0.25, 0.3) is 0 Å². The molecular formula is C15H21N3. The molecule has 0 atom stereocenters. The molecular weight excluding hydrogens is 222 g/mol. The van der Waals surface area contributed by atoms with Crippen molar-refractivity contribution in [3.8, 4) is 0 Å². The normalized spacial score (nSPS) is 11.2. The maximum Gasteiger partial charge on any atom is 0.0755 e. The number of benzene rings is 1. The highest BCUT2D eigenvalue weighted by molar-refractivity contribution is 5.93. The molecule has 0 aliphatic carbocycles. The molecule has 0 bridgehead atoms. The highest BCUT2D eigenvalue weighted by atomic mass is 15.2. The lowest BCUT2D eigenvalue weighted by molar-refractivity contribution is 0.637. The summed E-state index contributed by atoms with van der Waals surface area (Å²) >= 11 is 0. The highest BCUT2D eigenvalue weighted by Gasteiger charge is 2.09. The maximum atomic E-state index is 5.64. The van der Waals surface area contributed by atoms with E-state index in [1.807, 2.05) is 0 Å². The Morgan fingerprint density at radius 2 is 1.94 bits per heavy atom. The standard InChI is InChI=1S/C15H21N3/c1-9(2)5-12-8-14(18-16)13-7-10(3)6-11(4)15(13)17-12/h6-9H,5,16H2,1-4H3,(H,17,18). The van der Waals surface area contributed by atoms with Gasteiger partial charge in [0.05, 0.1) is 11.2 Å². The number of aromatic nitrogens is 1. The van der Waals surface area contributed by atoms with E-state index >= 15 is 0 Å². The highest BCUT2D eigenvalue weighted by Crippen LogP contribution is 2.27. The number of hydrazine groups is 1. The van der Waals surface area contributed by atoms with Gasteiger partial charge in [0.15, 0.2) is 0 Å². The fraction of sp³-hybridized carbons (Fsp3) is 0.400. The Bertz CT molecular complexity index is 573. The minimum Gasteiger partial charge on any atom is -0.323 e. The molecule has 0 radical (unpaired) electrons. The number of hydrogen-bond acceptors (Lipinski definition) is 3. The van der Waals surface area contributed by atoms with Crippen LogP contribution < -0.4 is 11.3 Å². The van der Waals surface area contributed by atoms with E-state index in [4.69, 9.17) is 10.8 Å². The van der Waals surface area contributed by atoms with Crippen LogP contribution in [0.15, 0.2) is 18.2 Å². The van der Waals surface area contributed by atoms with Gasteiger partial charge in [-0.25, -0.2) is 0 Å². The second-order valence-electron chi connectivity index (χ2n) is 5.38. The molecule has 18 heavy (non-hydrogen) atoms. The lowest BCUT2D eigenvalue weighted by Gasteiger charge is -2.12. The summed E-state index contributed by atoms with van der Waals surface area (Å²) in [5.74, 6) is 6.23. The number of fused-ring (bicyclic) bond motifs is 1. The van der Waals surface area contributed by atoms with Crippen LogP contribution in [0, 0.1) is 19.8 Å². The average molecular weight is 243 g/mol. The summed E-state index contributed by atoms with van der Waals surface area (Å²) < 4.78 is 0. The molecule has 0 aliphatic rings. The van der Waals surface area contributed by atoms with Crippen molar-refractivity contribution in [2.45, 2.75) is 34.1 Å². The van der Waals surface area contributed by atoms with Gasteiger partial charge in [-0.1, -0.05) is 25.5 Å². The van der Waals surface area contributed by atoms with Gasteiger partial charge >= 0.3 is 0 Å². The van der Waals surface area contributed by atoms with Gasteiger partial charge in [-0.3, -0.25) is 10.8 Å². The lowest BCUT2D eigenvalue weighted by atomic mass is 10.0. The van der Waals surface area contributed by atoms with Crippen LogP contribution in [0.3, 0.4) is 0 Å². The fourth-order valence-electron chi connectivity index (χ4n) is 2.38. The molecule has 3 heteroatoms. The molecule has 3 N–H and O–H groups in total. The second kappa shape index (κ2) is 4.94. The van der Waals surface area contributed by atoms with Gasteiger partial charge in [0.1, 0.15) is 0 Å². The molecule has 2 rings (SSSR count). The minimum atomic E-state index is 0.589. The molecule has 0 saturated carbocycles. The van der Waals surface area contributed by atoms with Gasteiger partial charge in [-0.15, -0.1) is 0 Å². The Balaban J connectivity index is 2.67. The monoisotopic (exact) mass is 243 g/mol. The first-order chi connectivity index (χ1) is 8.51. The molecule has 0 aliphatic heterocycles. The first-order valence-corrected chi connectivity index (χ1v) is 6.38. The van der Waals surface area contributed by atoms with Crippen molar-refractivity contribution in [2.75, 3.05) is 5.43 Å². The summed E-state index contributed by atoms with van der Waals surface area (Å²) in [5.41, 5.74) is 8.33. The summed E-state index contributed by atoms with van der Waals surface area (Å²) in [7, 11) is 0. The van der Waals surface area contributed by atoms with Crippen LogP contribution >= 0.6 is 0 Å². The zero-order valence-electron chi connectivity index (χ0n) is 11.5. The molecule has 1 aromatic carbocycles. The van der Waals surface area contributed by atoms with Gasteiger partial charge < -0.3 is 5.43 Å². The van der Waals surface area contributed by atoms with Crippen molar-refractivity contribution in [3.63, 3.8) is 0 Å². The number of nitrogen functional groups attached to an aromatic ring is 1. The van der Waals surface area contributed by atoms with Crippen LogP contribution in [0.1, 0.15) is 30.7 Å². The van der Waals surface area contributed by atoms with E-state index in [0.717, 1.165) is 28.7 Å². The van der Waals surface area contributed by atoms with E-state index in [-0.39, 0.29) is 0 Å². The number of nitrogens with two attached hydrogens (primary N) is 1. The van der Waals surface area contributed by atoms with E-state index < -0.39 is 0 Å². The SMILES string of the molecule is Cc1cc(C)c2nc(CC(C)C)cc(NN)c2c1. The summed E-state index contributed by atoms with van der Waals surface area (Å²) in [6.45, 7) is 8.59. The van der Waals surface area contributed by atoms with Crippen LogP contribution in [-0.4, -0.2) is 4.98 Å². The summed E-state index contributed by atoms with van der Waals surface area (Å²) in [4.78, 5) is 4.77. The molecule has 1 aromatic heterocycles. The van der Waals surface area contributed by atoms with Gasteiger partial charge in [-0.05, 0) is 43.9 Å². The largest absolute Gasteiger partial charge is 0.323 e. The van der Waals surface area contributed by atoms with Gasteiger partial charge in [0.2, 0.25) is 0 Å². The number of pyridine rings is 1. The summed E-state index contributed by atoms with van der Waals surface area (Å²) in [5, 5.41) is 1.10. The first-order valence-electron chi connectivity index (χ1n) is 6.38. The zero-order chi connectivity index (χ0) is 13.3. The third-order valence-electron chi connectivity index (χ3n) is 3.07. The van der Waals surface area contributed by atoms with Gasteiger partial charge in [0, 0.05) is 11.1 Å². The van der Waals surface area contributed by atoms with E-state index in [9.17, 15) is 0 Å². The molecule has 0 saturated heterocycles. The van der Waals surface area contributed by atoms with Crippen LogP contribution in [0.4, 0.5) is 5.69 Å². The molecule has 96 valence electrons. The molecule has 2 aromatic rings. The van der Waals surface area contributed by atoms with Gasteiger partial charge in [-0.2, -0.15) is 0 Å². The van der Waals surface area contributed by atoms with E-state index in [1.54, 1.807) is 0 Å². The van der Waals surface area contributed by atoms with E-state index in [1.165, 1.54) is 11.1 Å². The molecule has 0 unspecified atom stereocenters. The smallest absolute Gasteiger partial charge is 0.0755 e. The van der Waals surface area contributed by atoms with Crippen LogP contribution in [-0.2, 0) is 6.42 Å². The maximum absolute atomic E-state index is 5.64. The van der Waals surface area contributed by atoms with E-state index in [2.05, 4.69) is 51.3 Å². The predicted molar refractivity (Wildman–Crippen MR) is 77.6 cm³/mol. The number of nitrogens with one attached hydrogen (secondary N) is 1. The molecule has 0 amide bonds. The third kappa shape index (κ3) is 2.46. The molecule has 0 spiro atoms. The van der Waals surface area contributed by atoms with Crippen molar-refractivity contribution >= 4 is 16.6 Å². The second-order valence-corrected chi connectivity index (χ2v) is 5.38. The lowest BCUT2D eigenvalue weighted by Crippen LogP contribution is -2.09. The van der Waals surface area contributed by atoms with Crippen molar-refractivity contribution in [1.82, 2.24) is 4.98 Å². The van der Waals surface area contributed by atoms with Crippen LogP contribution in [0.2, 0.25) is 0 Å². The van der Waals surface area contributed by atoms with Crippen molar-refractivity contribution in [2.24, 2.45) is 11.8 Å². The van der Waals surface area contributed by atoms with Crippen molar-refractivity contribution in [3.05, 3.63) is 35.0 Å². The number of hydrogen-bond donors (Lipinski definition) is 2. The predicted octanol–water partition coefficient (Wildman–Crippen LogP) is 3.34. The number of aryl methyl sites for hydroxylation is 2. The Kier molecular flexibility index (Phi) is 3.53. The molecule has 0 fully saturated rings. The average Bonchev–Trinajstić information content (AvgIpc) is 2.28. The first kappa shape index (κ1) is 12.8.